The Kier molecular flexibility index (Phi) is 5.82. The third-order valence-electron chi connectivity index (χ3n) is 3.19. The van der Waals surface area contributed by atoms with Gasteiger partial charge in [-0.1, -0.05) is 22.0 Å². The lowest BCUT2D eigenvalue weighted by molar-refractivity contribution is 0.316. The van der Waals surface area contributed by atoms with Crippen LogP contribution in [0.25, 0.3) is 0 Å². The van der Waals surface area contributed by atoms with Crippen LogP contribution >= 0.6 is 28.3 Å². The van der Waals surface area contributed by atoms with Gasteiger partial charge in [0.2, 0.25) is 10.0 Å². The molecule has 1 atom stereocenters. The van der Waals surface area contributed by atoms with Gasteiger partial charge >= 0.3 is 0 Å². The average Bonchev–Trinajstić information content (AvgIpc) is 2.32. The van der Waals surface area contributed by atoms with Crippen molar-refractivity contribution in [3.63, 3.8) is 0 Å². The first-order valence-electron chi connectivity index (χ1n) is 5.93. The van der Waals surface area contributed by atoms with Crippen molar-refractivity contribution in [2.45, 2.75) is 30.7 Å². The third-order valence-corrected chi connectivity index (χ3v) is 5.69. The fourth-order valence-corrected chi connectivity index (χ4v) is 4.48. The molecule has 1 saturated heterocycles. The highest BCUT2D eigenvalue weighted by molar-refractivity contribution is 9.10. The fraction of sp³-hybridized carbons (Fsp3) is 0.500. The summed E-state index contributed by atoms with van der Waals surface area (Å²) in [6.07, 6.45) is 1.72. The van der Waals surface area contributed by atoms with Gasteiger partial charge in [0.25, 0.3) is 0 Å². The summed E-state index contributed by atoms with van der Waals surface area (Å²) in [5.74, 6) is 0. The Hall–Kier alpha value is -0.140. The van der Waals surface area contributed by atoms with Gasteiger partial charge in [-0.05, 0) is 37.5 Å². The zero-order chi connectivity index (χ0) is 13.3. The maximum atomic E-state index is 12.6. The molecule has 0 aromatic heterocycles. The molecule has 0 bridgehead atoms. The van der Waals surface area contributed by atoms with Crippen LogP contribution < -0.4 is 5.73 Å². The van der Waals surface area contributed by atoms with E-state index in [9.17, 15) is 8.42 Å². The Morgan fingerprint density at radius 3 is 2.74 bits per heavy atom. The quantitative estimate of drug-likeness (QED) is 0.870. The number of rotatable bonds is 2. The lowest BCUT2D eigenvalue weighted by atomic mass is 10.1. The summed E-state index contributed by atoms with van der Waals surface area (Å²) in [7, 11) is -3.42. The molecule has 1 heterocycles. The number of aryl methyl sites for hydroxylation is 1. The van der Waals surface area contributed by atoms with E-state index < -0.39 is 10.0 Å². The molecule has 7 heteroatoms. The number of nitrogens with two attached hydrogens (primary N) is 1. The van der Waals surface area contributed by atoms with Crippen LogP contribution in [0.15, 0.2) is 27.6 Å². The molecule has 0 aliphatic carbocycles. The Morgan fingerprint density at radius 1 is 1.42 bits per heavy atom. The Balaban J connectivity index is 0.00000180. The van der Waals surface area contributed by atoms with E-state index in [0.29, 0.717) is 18.0 Å². The summed E-state index contributed by atoms with van der Waals surface area (Å²) in [6, 6.07) is 5.25. The normalized spacial score (nSPS) is 20.9. The molecule has 0 radical (unpaired) electrons. The number of halogens is 2. The molecule has 2 rings (SSSR count). The van der Waals surface area contributed by atoms with Gasteiger partial charge < -0.3 is 5.73 Å². The summed E-state index contributed by atoms with van der Waals surface area (Å²) in [4.78, 5) is 0.367. The van der Waals surface area contributed by atoms with Crippen molar-refractivity contribution >= 4 is 38.4 Å². The highest BCUT2D eigenvalue weighted by Gasteiger charge is 2.29. The van der Waals surface area contributed by atoms with Crippen molar-refractivity contribution in [2.75, 3.05) is 13.1 Å². The van der Waals surface area contributed by atoms with Crippen LogP contribution in [0.1, 0.15) is 18.4 Å². The van der Waals surface area contributed by atoms with Gasteiger partial charge in [-0.3, -0.25) is 0 Å². The summed E-state index contributed by atoms with van der Waals surface area (Å²) in [5, 5.41) is 0. The molecule has 0 saturated carbocycles. The van der Waals surface area contributed by atoms with Crippen LogP contribution in [0.3, 0.4) is 0 Å². The van der Waals surface area contributed by atoms with Crippen LogP contribution in [-0.2, 0) is 10.0 Å². The van der Waals surface area contributed by atoms with Gasteiger partial charge in [-0.2, -0.15) is 4.31 Å². The summed E-state index contributed by atoms with van der Waals surface area (Å²) in [5.41, 5.74) is 6.61. The summed E-state index contributed by atoms with van der Waals surface area (Å²) >= 11 is 3.32. The van der Waals surface area contributed by atoms with Crippen LogP contribution in [0.2, 0.25) is 0 Å². The van der Waals surface area contributed by atoms with Gasteiger partial charge in [0, 0.05) is 23.6 Å². The van der Waals surface area contributed by atoms with Crippen LogP contribution in [-0.4, -0.2) is 31.9 Å². The van der Waals surface area contributed by atoms with Crippen LogP contribution in [0.5, 0.6) is 0 Å². The summed E-state index contributed by atoms with van der Waals surface area (Å²) in [6.45, 7) is 2.78. The zero-order valence-electron chi connectivity index (χ0n) is 10.7. The molecule has 1 aliphatic rings. The first kappa shape index (κ1) is 16.9. The van der Waals surface area contributed by atoms with E-state index in [1.54, 1.807) is 12.1 Å². The fourth-order valence-electron chi connectivity index (χ4n) is 2.18. The minimum absolute atomic E-state index is 0. The first-order valence-corrected chi connectivity index (χ1v) is 8.16. The summed E-state index contributed by atoms with van der Waals surface area (Å²) < 4.78 is 27.4. The second-order valence-corrected chi connectivity index (χ2v) is 7.50. The van der Waals surface area contributed by atoms with Crippen molar-refractivity contribution in [3.05, 3.63) is 28.2 Å². The smallest absolute Gasteiger partial charge is 0.243 e. The maximum absolute atomic E-state index is 12.6. The van der Waals surface area contributed by atoms with Crippen molar-refractivity contribution in [1.29, 1.82) is 0 Å². The molecular formula is C12H18BrClN2O2S. The number of nitrogens with zero attached hydrogens (tertiary/aromatic N) is 1. The molecule has 1 fully saturated rings. The van der Waals surface area contributed by atoms with Gasteiger partial charge in [-0.25, -0.2) is 8.42 Å². The minimum atomic E-state index is -3.42. The minimum Gasteiger partial charge on any atom is -0.327 e. The molecule has 1 aromatic rings. The van der Waals surface area contributed by atoms with E-state index in [0.717, 1.165) is 22.9 Å². The molecular weight excluding hydrogens is 352 g/mol. The standard InChI is InChI=1S/C12H17BrN2O2S.ClH/c1-9-4-5-10(13)7-12(9)18(16,17)15-6-2-3-11(14)8-15;/h4-5,7,11H,2-3,6,8,14H2,1H3;1H/t11-;/m1./s1. The second-order valence-electron chi connectivity index (χ2n) is 4.68. The number of benzene rings is 1. The monoisotopic (exact) mass is 368 g/mol. The van der Waals surface area contributed by atoms with E-state index in [2.05, 4.69) is 15.9 Å². The lowest BCUT2D eigenvalue weighted by Gasteiger charge is -2.30. The van der Waals surface area contributed by atoms with E-state index in [1.165, 1.54) is 4.31 Å². The Bertz CT molecular complexity index is 551. The number of piperidine rings is 1. The maximum Gasteiger partial charge on any atom is 0.243 e. The number of hydrogen-bond acceptors (Lipinski definition) is 3. The topological polar surface area (TPSA) is 63.4 Å². The highest BCUT2D eigenvalue weighted by atomic mass is 79.9. The van der Waals surface area contributed by atoms with Crippen molar-refractivity contribution in [2.24, 2.45) is 5.73 Å². The molecule has 1 aromatic carbocycles. The Labute approximate surface area is 128 Å². The predicted molar refractivity (Wildman–Crippen MR) is 82.1 cm³/mol. The van der Waals surface area contributed by atoms with Crippen molar-refractivity contribution < 1.29 is 8.42 Å². The second kappa shape index (κ2) is 6.54. The first-order chi connectivity index (χ1) is 8.41. The van der Waals surface area contributed by atoms with Crippen molar-refractivity contribution in [3.8, 4) is 0 Å². The highest BCUT2D eigenvalue weighted by Crippen LogP contribution is 2.25. The molecule has 2 N–H and O–H groups in total. The average molecular weight is 370 g/mol. The molecule has 19 heavy (non-hydrogen) atoms. The molecule has 0 spiro atoms. The largest absolute Gasteiger partial charge is 0.327 e. The van der Waals surface area contributed by atoms with E-state index >= 15 is 0 Å². The van der Waals surface area contributed by atoms with E-state index in [4.69, 9.17) is 5.73 Å². The van der Waals surface area contributed by atoms with E-state index in [1.807, 2.05) is 13.0 Å². The third kappa shape index (κ3) is 3.70. The number of sulfonamides is 1. The van der Waals surface area contributed by atoms with Crippen LogP contribution in [0, 0.1) is 6.92 Å². The zero-order valence-corrected chi connectivity index (χ0v) is 13.9. The molecule has 0 unspecified atom stereocenters. The SMILES string of the molecule is Cc1ccc(Br)cc1S(=O)(=O)N1CCC[C@@H](N)C1.Cl. The van der Waals surface area contributed by atoms with E-state index in [-0.39, 0.29) is 18.4 Å². The van der Waals surface area contributed by atoms with Gasteiger partial charge in [0.1, 0.15) is 0 Å². The predicted octanol–water partition coefficient (Wildman–Crippen LogP) is 2.29. The molecule has 108 valence electrons. The molecule has 1 aliphatic heterocycles. The van der Waals surface area contributed by atoms with Gasteiger partial charge in [0.15, 0.2) is 0 Å². The van der Waals surface area contributed by atoms with Crippen molar-refractivity contribution in [1.82, 2.24) is 4.31 Å². The molecule has 0 amide bonds. The Morgan fingerprint density at radius 2 is 2.11 bits per heavy atom. The van der Waals surface area contributed by atoms with Crippen LogP contribution in [0.4, 0.5) is 0 Å². The lowest BCUT2D eigenvalue weighted by Crippen LogP contribution is -2.45. The number of hydrogen-bond donors (Lipinski definition) is 1. The van der Waals surface area contributed by atoms with Gasteiger partial charge in [0.05, 0.1) is 4.90 Å². The van der Waals surface area contributed by atoms with Gasteiger partial charge in [-0.15, -0.1) is 12.4 Å². The molecule has 4 nitrogen and oxygen atoms in total.